The summed E-state index contributed by atoms with van der Waals surface area (Å²) in [5.41, 5.74) is 2.82. The highest BCUT2D eigenvalue weighted by atomic mass is 19.4. The van der Waals surface area contributed by atoms with Gasteiger partial charge in [-0.2, -0.15) is 28.1 Å². The highest BCUT2D eigenvalue weighted by molar-refractivity contribution is 5.96. The normalized spacial score (nSPS) is 18.0. The summed E-state index contributed by atoms with van der Waals surface area (Å²) in [5.74, 6) is -0.00965. The SMILES string of the molecule is CCOc1nc(OC)c(CN2C[C@@H]3CN(C(=O)c4ccc(OC)nc4OC)CCN3[C@H](C(c3ccccc3)c3ccccc3)C2)c(OCC(F)(F)F)n1. The van der Waals surface area contributed by atoms with Gasteiger partial charge in [0.25, 0.3) is 5.91 Å². The molecule has 2 aromatic heterocycles. The van der Waals surface area contributed by atoms with E-state index in [2.05, 4.69) is 49.0 Å². The van der Waals surface area contributed by atoms with Crippen molar-refractivity contribution in [3.8, 4) is 29.5 Å². The van der Waals surface area contributed by atoms with Crippen molar-refractivity contribution in [2.75, 3.05) is 67.3 Å². The van der Waals surface area contributed by atoms with E-state index in [0.717, 1.165) is 11.1 Å². The standard InChI is InChI=1S/C38H43F3N6O6/c1-5-52-37-43-34(51-4)29(35(44-37)53-24-38(39,40)41)22-45-20-27-21-46(36(48)28-16-17-31(49-2)42-33(28)50-3)18-19-47(27)30(23-45)32(25-12-8-6-9-13-25)26-14-10-7-11-15-26/h6-17,27,30,32H,5,18-24H2,1-4H3/t27-,30+/m1/s1. The summed E-state index contributed by atoms with van der Waals surface area (Å²) in [5, 5.41) is 0. The fraction of sp³-hybridized carbons (Fsp3) is 0.421. The Morgan fingerprint density at radius 1 is 0.792 bits per heavy atom. The Labute approximate surface area is 306 Å². The van der Waals surface area contributed by atoms with Crippen LogP contribution in [0.15, 0.2) is 72.8 Å². The van der Waals surface area contributed by atoms with Gasteiger partial charge >= 0.3 is 12.2 Å². The lowest BCUT2D eigenvalue weighted by Gasteiger charge is -2.53. The molecule has 2 aromatic carbocycles. The molecule has 4 heterocycles. The second-order valence-corrected chi connectivity index (χ2v) is 12.7. The van der Waals surface area contributed by atoms with Gasteiger partial charge in [-0.15, -0.1) is 0 Å². The predicted octanol–water partition coefficient (Wildman–Crippen LogP) is 5.08. The summed E-state index contributed by atoms with van der Waals surface area (Å²) in [6.45, 7) is 2.93. The van der Waals surface area contributed by atoms with E-state index in [0.29, 0.717) is 44.2 Å². The Balaban J connectivity index is 1.38. The highest BCUT2D eigenvalue weighted by Gasteiger charge is 2.44. The number of nitrogens with zero attached hydrogens (tertiary/aromatic N) is 6. The molecule has 53 heavy (non-hydrogen) atoms. The first-order chi connectivity index (χ1) is 25.6. The number of rotatable bonds is 13. The molecule has 282 valence electrons. The molecule has 0 unspecified atom stereocenters. The van der Waals surface area contributed by atoms with Crippen LogP contribution in [0.25, 0.3) is 0 Å². The number of amides is 1. The van der Waals surface area contributed by atoms with Crippen molar-refractivity contribution < 1.29 is 41.7 Å². The minimum absolute atomic E-state index is 0.0572. The van der Waals surface area contributed by atoms with Crippen molar-refractivity contribution in [2.24, 2.45) is 0 Å². The van der Waals surface area contributed by atoms with Crippen LogP contribution in [-0.2, 0) is 6.54 Å². The van der Waals surface area contributed by atoms with E-state index >= 15 is 0 Å². The monoisotopic (exact) mass is 736 g/mol. The average molecular weight is 737 g/mol. The maximum atomic E-state index is 14.0. The maximum Gasteiger partial charge on any atom is 0.422 e. The summed E-state index contributed by atoms with van der Waals surface area (Å²) < 4.78 is 67.3. The first kappa shape index (κ1) is 37.6. The zero-order chi connectivity index (χ0) is 37.5. The van der Waals surface area contributed by atoms with Crippen LogP contribution in [0.1, 0.15) is 39.9 Å². The molecule has 0 spiro atoms. The molecule has 0 N–H and O–H groups in total. The third-order valence-corrected chi connectivity index (χ3v) is 9.46. The molecule has 1 amide bonds. The van der Waals surface area contributed by atoms with Gasteiger partial charge < -0.3 is 28.6 Å². The Morgan fingerprint density at radius 2 is 1.45 bits per heavy atom. The van der Waals surface area contributed by atoms with Crippen molar-refractivity contribution in [1.82, 2.24) is 29.7 Å². The van der Waals surface area contributed by atoms with E-state index in [-0.39, 0.29) is 66.3 Å². The molecular weight excluding hydrogens is 693 g/mol. The number of aromatic nitrogens is 3. The number of carbonyl (C=O) groups is 1. The van der Waals surface area contributed by atoms with E-state index in [1.807, 2.05) is 36.4 Å². The van der Waals surface area contributed by atoms with E-state index < -0.39 is 12.8 Å². The number of halogens is 3. The van der Waals surface area contributed by atoms with Gasteiger partial charge in [-0.25, -0.2) is 0 Å². The number of piperazine rings is 2. The van der Waals surface area contributed by atoms with Crippen LogP contribution < -0.4 is 23.7 Å². The van der Waals surface area contributed by atoms with Crippen LogP contribution in [0.4, 0.5) is 13.2 Å². The van der Waals surface area contributed by atoms with Crippen molar-refractivity contribution >= 4 is 5.91 Å². The van der Waals surface area contributed by atoms with Gasteiger partial charge in [0, 0.05) is 63.3 Å². The summed E-state index contributed by atoms with van der Waals surface area (Å²) >= 11 is 0. The lowest BCUT2D eigenvalue weighted by Crippen LogP contribution is -2.67. The summed E-state index contributed by atoms with van der Waals surface area (Å²) in [6, 6.07) is 23.3. The third kappa shape index (κ3) is 8.74. The number of fused-ring (bicyclic) bond motifs is 1. The Bertz CT molecular complexity index is 1800. The predicted molar refractivity (Wildman–Crippen MR) is 189 cm³/mol. The second kappa shape index (κ2) is 16.7. The lowest BCUT2D eigenvalue weighted by atomic mass is 9.81. The number of hydrogen-bond acceptors (Lipinski definition) is 11. The number of pyridine rings is 1. The van der Waals surface area contributed by atoms with Crippen LogP contribution in [0.2, 0.25) is 0 Å². The zero-order valence-electron chi connectivity index (χ0n) is 30.1. The maximum absolute atomic E-state index is 14.0. The Morgan fingerprint density at radius 3 is 2.06 bits per heavy atom. The molecule has 2 saturated heterocycles. The number of methoxy groups -OCH3 is 3. The minimum Gasteiger partial charge on any atom is -0.481 e. The van der Waals surface area contributed by atoms with Crippen LogP contribution in [-0.4, -0.2) is 121 Å². The molecule has 6 rings (SSSR count). The molecule has 0 saturated carbocycles. The lowest BCUT2D eigenvalue weighted by molar-refractivity contribution is -0.154. The Kier molecular flexibility index (Phi) is 11.8. The van der Waals surface area contributed by atoms with Gasteiger partial charge in [0.15, 0.2) is 6.61 Å². The van der Waals surface area contributed by atoms with Gasteiger partial charge in [-0.3, -0.25) is 14.6 Å². The summed E-state index contributed by atoms with van der Waals surface area (Å²) in [7, 11) is 4.34. The van der Waals surface area contributed by atoms with Crippen LogP contribution in [0.3, 0.4) is 0 Å². The molecule has 0 radical (unpaired) electrons. The highest BCUT2D eigenvalue weighted by Crippen LogP contribution is 2.38. The minimum atomic E-state index is -4.60. The van der Waals surface area contributed by atoms with Crippen molar-refractivity contribution in [3.63, 3.8) is 0 Å². The van der Waals surface area contributed by atoms with Gasteiger partial charge in [0.1, 0.15) is 5.56 Å². The summed E-state index contributed by atoms with van der Waals surface area (Å²) in [4.78, 5) is 33.3. The molecule has 2 fully saturated rings. The molecule has 0 bridgehead atoms. The first-order valence-electron chi connectivity index (χ1n) is 17.4. The zero-order valence-corrected chi connectivity index (χ0v) is 30.1. The molecule has 0 aliphatic carbocycles. The number of benzene rings is 2. The van der Waals surface area contributed by atoms with Gasteiger partial charge in [0.05, 0.1) is 33.5 Å². The van der Waals surface area contributed by atoms with E-state index in [1.54, 1.807) is 24.0 Å². The smallest absolute Gasteiger partial charge is 0.422 e. The number of ether oxygens (including phenoxy) is 5. The Hall–Kier alpha value is -5.15. The van der Waals surface area contributed by atoms with E-state index in [1.165, 1.54) is 21.3 Å². The average Bonchev–Trinajstić information content (AvgIpc) is 3.17. The molecule has 4 aromatic rings. The molecule has 12 nitrogen and oxygen atoms in total. The topological polar surface area (TPSA) is 112 Å². The van der Waals surface area contributed by atoms with Crippen molar-refractivity contribution in [2.45, 2.75) is 37.6 Å². The van der Waals surface area contributed by atoms with Crippen LogP contribution in [0.5, 0.6) is 29.5 Å². The van der Waals surface area contributed by atoms with E-state index in [9.17, 15) is 18.0 Å². The van der Waals surface area contributed by atoms with E-state index in [4.69, 9.17) is 23.7 Å². The molecule has 15 heteroatoms. The number of carbonyl (C=O) groups excluding carboxylic acids is 1. The second-order valence-electron chi connectivity index (χ2n) is 12.7. The number of alkyl halides is 3. The van der Waals surface area contributed by atoms with Crippen LogP contribution >= 0.6 is 0 Å². The summed E-state index contributed by atoms with van der Waals surface area (Å²) in [6.07, 6.45) is -4.60. The fourth-order valence-corrected chi connectivity index (χ4v) is 7.22. The fourth-order valence-electron chi connectivity index (χ4n) is 7.22. The first-order valence-corrected chi connectivity index (χ1v) is 17.4. The van der Waals surface area contributed by atoms with Gasteiger partial charge in [-0.1, -0.05) is 60.7 Å². The molecular formula is C38H43F3N6O6. The largest absolute Gasteiger partial charge is 0.481 e. The third-order valence-electron chi connectivity index (χ3n) is 9.46. The van der Waals surface area contributed by atoms with Crippen LogP contribution in [0, 0.1) is 0 Å². The van der Waals surface area contributed by atoms with Crippen molar-refractivity contribution in [3.05, 3.63) is 95.1 Å². The van der Waals surface area contributed by atoms with Crippen molar-refractivity contribution in [1.29, 1.82) is 0 Å². The van der Waals surface area contributed by atoms with Gasteiger partial charge in [0.2, 0.25) is 23.5 Å². The van der Waals surface area contributed by atoms with Gasteiger partial charge in [-0.05, 0) is 24.1 Å². The number of hydrogen-bond donors (Lipinski definition) is 0. The molecule has 2 aliphatic rings. The molecule has 2 atom stereocenters. The molecule has 2 aliphatic heterocycles. The quantitative estimate of drug-likeness (QED) is 0.183.